The number of nitrogens with one attached hydrogen (secondary N) is 1. The zero-order valence-electron chi connectivity index (χ0n) is 12.4. The third-order valence-corrected chi connectivity index (χ3v) is 3.90. The van der Waals surface area contributed by atoms with E-state index in [1.54, 1.807) is 6.92 Å². The number of hydrogen-bond donors (Lipinski definition) is 2. The molecule has 2 atom stereocenters. The molecule has 2 rings (SSSR count). The normalized spacial score (nSPS) is 19.8. The average molecular weight is 291 g/mol. The molecule has 0 aromatic heterocycles. The lowest BCUT2D eigenvalue weighted by Gasteiger charge is -2.30. The van der Waals surface area contributed by atoms with E-state index in [-0.39, 0.29) is 11.8 Å². The van der Waals surface area contributed by atoms with E-state index >= 15 is 0 Å². The van der Waals surface area contributed by atoms with Crippen molar-refractivity contribution in [2.75, 3.05) is 6.61 Å². The Labute approximate surface area is 124 Å². The fourth-order valence-corrected chi connectivity index (χ4v) is 2.70. The van der Waals surface area contributed by atoms with Crippen molar-refractivity contribution >= 4 is 11.9 Å². The zero-order chi connectivity index (χ0) is 15.5. The molecule has 0 saturated carbocycles. The van der Waals surface area contributed by atoms with Gasteiger partial charge in [-0.15, -0.1) is 0 Å². The van der Waals surface area contributed by atoms with Crippen molar-refractivity contribution in [3.63, 3.8) is 0 Å². The van der Waals surface area contributed by atoms with Crippen LogP contribution >= 0.6 is 0 Å². The van der Waals surface area contributed by atoms with Gasteiger partial charge in [-0.25, -0.2) is 4.79 Å². The van der Waals surface area contributed by atoms with Crippen LogP contribution in [0, 0.1) is 0 Å². The van der Waals surface area contributed by atoms with Crippen LogP contribution in [0.5, 0.6) is 5.75 Å². The molecule has 0 spiro atoms. The number of carboxylic acids is 1. The number of fused-ring (bicyclic) bond motifs is 1. The Balaban J connectivity index is 2.20. The van der Waals surface area contributed by atoms with E-state index in [1.807, 2.05) is 31.2 Å². The minimum absolute atomic E-state index is 0.246. The topological polar surface area (TPSA) is 75.6 Å². The first-order valence-electron chi connectivity index (χ1n) is 7.25. The molecule has 1 aromatic rings. The van der Waals surface area contributed by atoms with E-state index in [0.717, 1.165) is 5.56 Å². The van der Waals surface area contributed by atoms with E-state index in [4.69, 9.17) is 4.74 Å². The fraction of sp³-hybridized carbons (Fsp3) is 0.500. The minimum Gasteiger partial charge on any atom is -0.493 e. The average Bonchev–Trinajstić information content (AvgIpc) is 2.46. The molecule has 2 N–H and O–H groups in total. The molecule has 0 bridgehead atoms. The van der Waals surface area contributed by atoms with Crippen molar-refractivity contribution in [1.82, 2.24) is 5.32 Å². The first-order valence-corrected chi connectivity index (χ1v) is 7.25. The van der Waals surface area contributed by atoms with Crippen LogP contribution in [0.2, 0.25) is 0 Å². The van der Waals surface area contributed by atoms with Gasteiger partial charge in [0, 0.05) is 5.56 Å². The van der Waals surface area contributed by atoms with Crippen molar-refractivity contribution in [2.45, 2.75) is 44.6 Å². The van der Waals surface area contributed by atoms with Crippen LogP contribution in [0.4, 0.5) is 0 Å². The van der Waals surface area contributed by atoms with Gasteiger partial charge in [-0.3, -0.25) is 4.79 Å². The van der Waals surface area contributed by atoms with E-state index in [2.05, 4.69) is 5.32 Å². The molecular formula is C16H21NO4. The van der Waals surface area contributed by atoms with Gasteiger partial charge in [0.15, 0.2) is 0 Å². The van der Waals surface area contributed by atoms with Crippen LogP contribution in [0.3, 0.4) is 0 Å². The molecule has 1 amide bonds. The Morgan fingerprint density at radius 2 is 2.14 bits per heavy atom. The molecule has 0 fully saturated rings. The first kappa shape index (κ1) is 15.4. The van der Waals surface area contributed by atoms with E-state index < -0.39 is 11.5 Å². The van der Waals surface area contributed by atoms with Crippen molar-refractivity contribution in [1.29, 1.82) is 0 Å². The third kappa shape index (κ3) is 3.17. The standard InChI is InChI=1S/C16H21NO4/c1-3-9-16(2,15(19)20)17-14(18)12-8-10-21-13-7-5-4-6-11(12)13/h4-7,12H,3,8-10H2,1-2H3,(H,17,18)(H,19,20)/t12-,16-/m0/s1. The SMILES string of the molecule is CCC[C@](C)(NC(=O)[C@H]1CCOc2ccccc21)C(=O)O. The molecular weight excluding hydrogens is 270 g/mol. The van der Waals surface area contributed by atoms with Gasteiger partial charge in [-0.05, 0) is 25.8 Å². The summed E-state index contributed by atoms with van der Waals surface area (Å²) in [6, 6.07) is 7.40. The molecule has 0 unspecified atom stereocenters. The van der Waals surface area contributed by atoms with Gasteiger partial charge in [0.2, 0.25) is 5.91 Å². The number of hydrogen-bond acceptors (Lipinski definition) is 3. The van der Waals surface area contributed by atoms with Crippen LogP contribution in [0.15, 0.2) is 24.3 Å². The van der Waals surface area contributed by atoms with Crippen molar-refractivity contribution in [2.24, 2.45) is 0 Å². The molecule has 1 aromatic carbocycles. The fourth-order valence-electron chi connectivity index (χ4n) is 2.70. The minimum atomic E-state index is -1.22. The predicted molar refractivity (Wildman–Crippen MR) is 78.4 cm³/mol. The van der Waals surface area contributed by atoms with E-state index in [0.29, 0.717) is 31.6 Å². The largest absolute Gasteiger partial charge is 0.493 e. The number of benzene rings is 1. The summed E-state index contributed by atoms with van der Waals surface area (Å²) in [5.41, 5.74) is -0.399. The van der Waals surface area contributed by atoms with Gasteiger partial charge >= 0.3 is 5.97 Å². The van der Waals surface area contributed by atoms with Crippen molar-refractivity contribution < 1.29 is 19.4 Å². The van der Waals surface area contributed by atoms with E-state index in [1.165, 1.54) is 0 Å². The van der Waals surface area contributed by atoms with Gasteiger partial charge in [0.1, 0.15) is 11.3 Å². The highest BCUT2D eigenvalue weighted by Crippen LogP contribution is 2.34. The quantitative estimate of drug-likeness (QED) is 0.873. The summed E-state index contributed by atoms with van der Waals surface area (Å²) in [6.07, 6.45) is 1.65. The number of aliphatic carboxylic acids is 1. The molecule has 0 radical (unpaired) electrons. The van der Waals surface area contributed by atoms with Crippen LogP contribution in [-0.4, -0.2) is 29.1 Å². The molecule has 0 saturated heterocycles. The second kappa shape index (κ2) is 6.16. The summed E-state index contributed by atoms with van der Waals surface area (Å²) in [6.45, 7) is 3.92. The maximum absolute atomic E-state index is 12.5. The maximum Gasteiger partial charge on any atom is 0.329 e. The smallest absolute Gasteiger partial charge is 0.329 e. The first-order chi connectivity index (χ1) is 9.98. The Morgan fingerprint density at radius 1 is 1.43 bits per heavy atom. The predicted octanol–water partition coefficient (Wildman–Crippen LogP) is 2.31. The van der Waals surface area contributed by atoms with Gasteiger partial charge in [0.05, 0.1) is 12.5 Å². The van der Waals surface area contributed by atoms with Crippen LogP contribution in [0.25, 0.3) is 0 Å². The number of para-hydroxylation sites is 1. The van der Waals surface area contributed by atoms with Gasteiger partial charge in [-0.2, -0.15) is 0 Å². The van der Waals surface area contributed by atoms with Gasteiger partial charge < -0.3 is 15.2 Å². The summed E-state index contributed by atoms with van der Waals surface area (Å²) < 4.78 is 5.53. The molecule has 5 heteroatoms. The lowest BCUT2D eigenvalue weighted by molar-refractivity contribution is -0.147. The zero-order valence-corrected chi connectivity index (χ0v) is 12.4. The Hall–Kier alpha value is -2.04. The highest BCUT2D eigenvalue weighted by Gasteiger charge is 2.37. The second-order valence-corrected chi connectivity index (χ2v) is 5.60. The highest BCUT2D eigenvalue weighted by molar-refractivity contribution is 5.90. The van der Waals surface area contributed by atoms with Crippen LogP contribution in [-0.2, 0) is 9.59 Å². The number of ether oxygens (including phenoxy) is 1. The molecule has 1 heterocycles. The van der Waals surface area contributed by atoms with Crippen LogP contribution in [0.1, 0.15) is 44.6 Å². The molecule has 1 aliphatic heterocycles. The summed E-state index contributed by atoms with van der Waals surface area (Å²) in [4.78, 5) is 24.0. The van der Waals surface area contributed by atoms with Crippen molar-refractivity contribution in [3.8, 4) is 5.75 Å². The lowest BCUT2D eigenvalue weighted by Crippen LogP contribution is -2.53. The Kier molecular flexibility index (Phi) is 4.50. The summed E-state index contributed by atoms with van der Waals surface area (Å²) in [5.74, 6) is -0.899. The number of carbonyl (C=O) groups is 2. The molecule has 0 aliphatic carbocycles. The van der Waals surface area contributed by atoms with E-state index in [9.17, 15) is 14.7 Å². The molecule has 114 valence electrons. The molecule has 5 nitrogen and oxygen atoms in total. The summed E-state index contributed by atoms with van der Waals surface area (Å²) >= 11 is 0. The van der Waals surface area contributed by atoms with Crippen LogP contribution < -0.4 is 10.1 Å². The number of rotatable bonds is 5. The Bertz CT molecular complexity index is 543. The highest BCUT2D eigenvalue weighted by atomic mass is 16.5. The molecule has 21 heavy (non-hydrogen) atoms. The number of carboxylic acid groups (broad SMARTS) is 1. The molecule has 1 aliphatic rings. The monoisotopic (exact) mass is 291 g/mol. The summed E-state index contributed by atoms with van der Waals surface area (Å²) in [5, 5.41) is 12.1. The number of amides is 1. The second-order valence-electron chi connectivity index (χ2n) is 5.60. The van der Waals surface area contributed by atoms with Gasteiger partial charge in [0.25, 0.3) is 0 Å². The number of carbonyl (C=O) groups excluding carboxylic acids is 1. The third-order valence-electron chi connectivity index (χ3n) is 3.90. The summed E-state index contributed by atoms with van der Waals surface area (Å²) in [7, 11) is 0. The lowest BCUT2D eigenvalue weighted by atomic mass is 9.89. The Morgan fingerprint density at radius 3 is 2.81 bits per heavy atom. The van der Waals surface area contributed by atoms with Gasteiger partial charge in [-0.1, -0.05) is 31.5 Å². The van der Waals surface area contributed by atoms with Crippen molar-refractivity contribution in [3.05, 3.63) is 29.8 Å². The maximum atomic E-state index is 12.5.